The number of nitrogens with one attached hydrogen (secondary N) is 1. The predicted octanol–water partition coefficient (Wildman–Crippen LogP) is 3.93. The molecule has 122 valence electrons. The molecule has 5 nitrogen and oxygen atoms in total. The Bertz CT molecular complexity index is 905. The first-order valence-electron chi connectivity index (χ1n) is 7.21. The lowest BCUT2D eigenvalue weighted by Crippen LogP contribution is -2.15. The molecule has 0 bridgehead atoms. The molecule has 1 aromatic heterocycles. The van der Waals surface area contributed by atoms with E-state index < -0.39 is 11.7 Å². The Balaban J connectivity index is 1.86. The molecule has 0 atom stereocenters. The molecular weight excluding hydrogens is 331 g/mol. The van der Waals surface area contributed by atoms with Crippen molar-refractivity contribution in [3.8, 4) is 5.69 Å². The second-order valence-corrected chi connectivity index (χ2v) is 5.74. The van der Waals surface area contributed by atoms with Crippen LogP contribution in [0.5, 0.6) is 0 Å². The molecular formula is C17H14ClFN4O. The van der Waals surface area contributed by atoms with Crippen LogP contribution in [0, 0.1) is 19.7 Å². The number of halogens is 2. The first-order valence-corrected chi connectivity index (χ1v) is 7.59. The van der Waals surface area contributed by atoms with E-state index in [9.17, 15) is 9.18 Å². The maximum Gasteiger partial charge on any atom is 0.295 e. The zero-order valence-electron chi connectivity index (χ0n) is 13.0. The third kappa shape index (κ3) is 3.28. The number of aryl methyl sites for hydroxylation is 2. The zero-order chi connectivity index (χ0) is 17.3. The second-order valence-electron chi connectivity index (χ2n) is 5.31. The van der Waals surface area contributed by atoms with Crippen LogP contribution in [0.25, 0.3) is 5.69 Å². The SMILES string of the molecule is Cc1ccc(NC(=O)c2nc(C)n(-c3ccc(Cl)cc3)n2)c(F)c1. The summed E-state index contributed by atoms with van der Waals surface area (Å²) in [4.78, 5) is 16.4. The fraction of sp³-hybridized carbons (Fsp3) is 0.118. The topological polar surface area (TPSA) is 59.8 Å². The normalized spacial score (nSPS) is 10.7. The number of carbonyl (C=O) groups is 1. The summed E-state index contributed by atoms with van der Waals surface area (Å²) in [5.41, 5.74) is 1.59. The molecule has 0 saturated carbocycles. The van der Waals surface area contributed by atoms with Gasteiger partial charge in [-0.15, -0.1) is 5.10 Å². The minimum absolute atomic E-state index is 0.0394. The first kappa shape index (κ1) is 16.1. The van der Waals surface area contributed by atoms with Crippen LogP contribution < -0.4 is 5.32 Å². The second kappa shape index (κ2) is 6.41. The Morgan fingerprint density at radius 1 is 1.17 bits per heavy atom. The molecule has 1 amide bonds. The molecule has 1 heterocycles. The van der Waals surface area contributed by atoms with Crippen molar-refractivity contribution in [1.82, 2.24) is 14.8 Å². The number of hydrogen-bond acceptors (Lipinski definition) is 3. The highest BCUT2D eigenvalue weighted by Crippen LogP contribution is 2.17. The summed E-state index contributed by atoms with van der Waals surface area (Å²) in [5.74, 6) is -0.583. The quantitative estimate of drug-likeness (QED) is 0.783. The van der Waals surface area contributed by atoms with Crippen LogP contribution in [0.4, 0.5) is 10.1 Å². The molecule has 0 aliphatic carbocycles. The Hall–Kier alpha value is -2.73. The van der Waals surface area contributed by atoms with Gasteiger partial charge in [0.05, 0.1) is 11.4 Å². The molecule has 0 spiro atoms. The van der Waals surface area contributed by atoms with E-state index in [2.05, 4.69) is 15.4 Å². The van der Waals surface area contributed by atoms with Gasteiger partial charge in [-0.2, -0.15) is 0 Å². The van der Waals surface area contributed by atoms with Crippen LogP contribution in [-0.2, 0) is 0 Å². The maximum absolute atomic E-state index is 13.8. The number of carbonyl (C=O) groups excluding carboxylic acids is 1. The monoisotopic (exact) mass is 344 g/mol. The molecule has 0 fully saturated rings. The predicted molar refractivity (Wildman–Crippen MR) is 90.2 cm³/mol. The summed E-state index contributed by atoms with van der Waals surface area (Å²) in [6, 6.07) is 11.5. The van der Waals surface area contributed by atoms with Crippen LogP contribution >= 0.6 is 11.6 Å². The van der Waals surface area contributed by atoms with E-state index in [0.29, 0.717) is 10.8 Å². The van der Waals surface area contributed by atoms with Gasteiger partial charge in [0.1, 0.15) is 11.6 Å². The van der Waals surface area contributed by atoms with Crippen molar-refractivity contribution in [1.29, 1.82) is 0 Å². The number of aromatic nitrogens is 3. The third-order valence-electron chi connectivity index (χ3n) is 3.42. The van der Waals surface area contributed by atoms with E-state index in [1.54, 1.807) is 44.2 Å². The molecule has 0 radical (unpaired) electrons. The largest absolute Gasteiger partial charge is 0.317 e. The molecule has 0 aliphatic rings. The highest BCUT2D eigenvalue weighted by atomic mass is 35.5. The van der Waals surface area contributed by atoms with Crippen molar-refractivity contribution in [2.24, 2.45) is 0 Å². The molecule has 3 rings (SSSR count). The van der Waals surface area contributed by atoms with E-state index in [0.717, 1.165) is 11.3 Å². The van der Waals surface area contributed by atoms with Crippen LogP contribution in [0.1, 0.15) is 22.0 Å². The average Bonchev–Trinajstić information content (AvgIpc) is 2.93. The molecule has 0 saturated heterocycles. The number of amides is 1. The number of hydrogen-bond donors (Lipinski definition) is 1. The summed E-state index contributed by atoms with van der Waals surface area (Å²) in [6.45, 7) is 3.50. The molecule has 7 heteroatoms. The first-order chi connectivity index (χ1) is 11.4. The lowest BCUT2D eigenvalue weighted by atomic mass is 10.2. The number of benzene rings is 2. The molecule has 24 heavy (non-hydrogen) atoms. The zero-order valence-corrected chi connectivity index (χ0v) is 13.8. The van der Waals surface area contributed by atoms with Crippen LogP contribution in [0.2, 0.25) is 5.02 Å². The van der Waals surface area contributed by atoms with Crippen molar-refractivity contribution in [3.63, 3.8) is 0 Å². The van der Waals surface area contributed by atoms with E-state index >= 15 is 0 Å². The molecule has 0 aliphatic heterocycles. The van der Waals surface area contributed by atoms with Crippen LogP contribution in [-0.4, -0.2) is 20.7 Å². The third-order valence-corrected chi connectivity index (χ3v) is 3.67. The highest BCUT2D eigenvalue weighted by Gasteiger charge is 2.16. The molecule has 1 N–H and O–H groups in total. The van der Waals surface area contributed by atoms with Gasteiger partial charge in [0.15, 0.2) is 0 Å². The lowest BCUT2D eigenvalue weighted by molar-refractivity contribution is 0.101. The average molecular weight is 345 g/mol. The Kier molecular flexibility index (Phi) is 4.31. The Morgan fingerprint density at radius 2 is 1.88 bits per heavy atom. The fourth-order valence-electron chi connectivity index (χ4n) is 2.21. The summed E-state index contributed by atoms with van der Waals surface area (Å²) >= 11 is 5.87. The van der Waals surface area contributed by atoms with Crippen LogP contribution in [0.15, 0.2) is 42.5 Å². The van der Waals surface area contributed by atoms with Gasteiger partial charge in [-0.25, -0.2) is 14.1 Å². The molecule has 3 aromatic rings. The van der Waals surface area contributed by atoms with Gasteiger partial charge in [0.25, 0.3) is 5.91 Å². The minimum atomic E-state index is -0.575. The summed E-state index contributed by atoms with van der Waals surface area (Å²) in [5, 5.41) is 7.26. The van der Waals surface area contributed by atoms with Gasteiger partial charge in [-0.05, 0) is 55.8 Å². The van der Waals surface area contributed by atoms with Crippen molar-refractivity contribution < 1.29 is 9.18 Å². The summed E-state index contributed by atoms with van der Waals surface area (Å²) < 4.78 is 15.4. The van der Waals surface area contributed by atoms with Gasteiger partial charge < -0.3 is 5.32 Å². The smallest absolute Gasteiger partial charge is 0.295 e. The Labute approximate surface area is 143 Å². The van der Waals surface area contributed by atoms with E-state index in [4.69, 9.17) is 11.6 Å². The van der Waals surface area contributed by atoms with Crippen molar-refractivity contribution >= 4 is 23.2 Å². The van der Waals surface area contributed by atoms with Gasteiger partial charge >= 0.3 is 0 Å². The summed E-state index contributed by atoms with van der Waals surface area (Å²) in [6.07, 6.45) is 0. The fourth-order valence-corrected chi connectivity index (χ4v) is 2.34. The van der Waals surface area contributed by atoms with E-state index in [1.165, 1.54) is 16.8 Å². The number of nitrogens with zero attached hydrogens (tertiary/aromatic N) is 3. The van der Waals surface area contributed by atoms with Gasteiger partial charge in [0.2, 0.25) is 5.82 Å². The number of anilines is 1. The van der Waals surface area contributed by atoms with E-state index in [-0.39, 0.29) is 11.5 Å². The van der Waals surface area contributed by atoms with E-state index in [1.807, 2.05) is 0 Å². The minimum Gasteiger partial charge on any atom is -0.317 e. The molecule has 0 unspecified atom stereocenters. The van der Waals surface area contributed by atoms with Crippen molar-refractivity contribution in [2.45, 2.75) is 13.8 Å². The van der Waals surface area contributed by atoms with Crippen LogP contribution in [0.3, 0.4) is 0 Å². The highest BCUT2D eigenvalue weighted by molar-refractivity contribution is 6.30. The standard InChI is InChI=1S/C17H14ClFN4O/c1-10-3-8-15(14(19)9-10)21-17(24)16-20-11(2)23(22-16)13-6-4-12(18)5-7-13/h3-9H,1-2H3,(H,21,24). The van der Waals surface area contributed by atoms with Crippen molar-refractivity contribution in [2.75, 3.05) is 5.32 Å². The molecule has 2 aromatic carbocycles. The Morgan fingerprint density at radius 3 is 2.54 bits per heavy atom. The van der Waals surface area contributed by atoms with Gasteiger partial charge in [-0.1, -0.05) is 17.7 Å². The lowest BCUT2D eigenvalue weighted by Gasteiger charge is -2.05. The van der Waals surface area contributed by atoms with Gasteiger partial charge in [0, 0.05) is 5.02 Å². The maximum atomic E-state index is 13.8. The van der Waals surface area contributed by atoms with Gasteiger partial charge in [-0.3, -0.25) is 4.79 Å². The number of rotatable bonds is 3. The summed E-state index contributed by atoms with van der Waals surface area (Å²) in [7, 11) is 0. The van der Waals surface area contributed by atoms with Crippen molar-refractivity contribution in [3.05, 3.63) is 70.5 Å².